The summed E-state index contributed by atoms with van der Waals surface area (Å²) in [4.78, 5) is 23.2. The minimum Gasteiger partial charge on any atom is -0.465 e. The molecule has 0 aliphatic rings. The highest BCUT2D eigenvalue weighted by Gasteiger charge is 2.11. The van der Waals surface area contributed by atoms with Gasteiger partial charge in [-0.15, -0.1) is 11.3 Å². The number of hydrogen-bond acceptors (Lipinski definition) is 5. The Morgan fingerprint density at radius 2 is 2.22 bits per heavy atom. The van der Waals surface area contributed by atoms with Crippen LogP contribution in [0.15, 0.2) is 17.5 Å². The number of unbranched alkanes of at least 4 members (excludes halogenated alkanes) is 1. The number of rotatable bonds is 6. The first-order valence-electron chi connectivity index (χ1n) is 5.69. The molecule has 0 aliphatic heterocycles. The molecule has 0 N–H and O–H groups in total. The van der Waals surface area contributed by atoms with Crippen molar-refractivity contribution < 1.29 is 19.1 Å². The SMILES string of the molecule is CCCCOC(=O)/C=C/c1ccsc1C(=O)OC. The molecule has 0 radical (unpaired) electrons. The quantitative estimate of drug-likeness (QED) is 0.452. The Morgan fingerprint density at radius 1 is 1.44 bits per heavy atom. The number of carbonyl (C=O) groups is 2. The van der Waals surface area contributed by atoms with E-state index in [2.05, 4.69) is 4.74 Å². The predicted molar refractivity (Wildman–Crippen MR) is 70.6 cm³/mol. The van der Waals surface area contributed by atoms with E-state index in [-0.39, 0.29) is 0 Å². The lowest BCUT2D eigenvalue weighted by Gasteiger charge is -1.99. The molecule has 5 heteroatoms. The Kier molecular flexibility index (Phi) is 6.14. The fraction of sp³-hybridized carbons (Fsp3) is 0.385. The lowest BCUT2D eigenvalue weighted by Crippen LogP contribution is -2.02. The maximum atomic E-state index is 11.4. The van der Waals surface area contributed by atoms with Crippen LogP contribution in [0.4, 0.5) is 0 Å². The van der Waals surface area contributed by atoms with Gasteiger partial charge in [0.25, 0.3) is 0 Å². The summed E-state index contributed by atoms with van der Waals surface area (Å²) in [5, 5.41) is 1.77. The first-order chi connectivity index (χ1) is 8.69. The molecule has 1 aromatic rings. The van der Waals surface area contributed by atoms with Crippen LogP contribution in [0.3, 0.4) is 0 Å². The van der Waals surface area contributed by atoms with Crippen LogP contribution < -0.4 is 0 Å². The van der Waals surface area contributed by atoms with Crippen LogP contribution in [0.1, 0.15) is 35.0 Å². The van der Waals surface area contributed by atoms with Gasteiger partial charge in [-0.2, -0.15) is 0 Å². The summed E-state index contributed by atoms with van der Waals surface area (Å²) in [7, 11) is 1.33. The van der Waals surface area contributed by atoms with E-state index in [0.717, 1.165) is 12.8 Å². The molecule has 0 unspecified atom stereocenters. The van der Waals surface area contributed by atoms with Gasteiger partial charge in [0.15, 0.2) is 0 Å². The number of esters is 2. The summed E-state index contributed by atoms with van der Waals surface area (Å²) in [5.41, 5.74) is 0.666. The lowest BCUT2D eigenvalue weighted by molar-refractivity contribution is -0.137. The average Bonchev–Trinajstić information content (AvgIpc) is 2.84. The first kappa shape index (κ1) is 14.4. The van der Waals surface area contributed by atoms with E-state index >= 15 is 0 Å². The molecule has 1 heterocycles. The normalized spacial score (nSPS) is 10.6. The Balaban J connectivity index is 2.59. The van der Waals surface area contributed by atoms with E-state index in [1.807, 2.05) is 6.92 Å². The van der Waals surface area contributed by atoms with E-state index in [0.29, 0.717) is 17.0 Å². The van der Waals surface area contributed by atoms with Gasteiger partial charge in [-0.25, -0.2) is 9.59 Å². The average molecular weight is 268 g/mol. The molecule has 0 bridgehead atoms. The smallest absolute Gasteiger partial charge is 0.348 e. The van der Waals surface area contributed by atoms with Crippen LogP contribution in [0, 0.1) is 0 Å². The topological polar surface area (TPSA) is 52.6 Å². The fourth-order valence-electron chi connectivity index (χ4n) is 1.23. The molecular weight excluding hydrogens is 252 g/mol. The van der Waals surface area contributed by atoms with Crippen LogP contribution in [0.25, 0.3) is 6.08 Å². The van der Waals surface area contributed by atoms with Crippen molar-refractivity contribution in [2.45, 2.75) is 19.8 Å². The monoisotopic (exact) mass is 268 g/mol. The lowest BCUT2D eigenvalue weighted by atomic mass is 10.2. The Hall–Kier alpha value is -1.62. The van der Waals surface area contributed by atoms with Crippen molar-refractivity contribution in [3.05, 3.63) is 28.0 Å². The van der Waals surface area contributed by atoms with Crippen molar-refractivity contribution in [2.24, 2.45) is 0 Å². The van der Waals surface area contributed by atoms with Gasteiger partial charge in [-0.1, -0.05) is 13.3 Å². The van der Waals surface area contributed by atoms with Gasteiger partial charge in [-0.05, 0) is 23.9 Å². The zero-order valence-electron chi connectivity index (χ0n) is 10.5. The molecule has 1 aromatic heterocycles. The summed E-state index contributed by atoms with van der Waals surface area (Å²) < 4.78 is 9.61. The van der Waals surface area contributed by atoms with Crippen LogP contribution in [-0.4, -0.2) is 25.7 Å². The maximum absolute atomic E-state index is 11.4. The second kappa shape index (κ2) is 7.66. The molecule has 0 amide bonds. The number of methoxy groups -OCH3 is 1. The molecule has 0 aromatic carbocycles. The van der Waals surface area contributed by atoms with E-state index in [1.165, 1.54) is 24.5 Å². The first-order valence-corrected chi connectivity index (χ1v) is 6.57. The number of thiophene rings is 1. The zero-order chi connectivity index (χ0) is 13.4. The van der Waals surface area contributed by atoms with Crippen molar-refractivity contribution >= 4 is 29.4 Å². The van der Waals surface area contributed by atoms with Crippen molar-refractivity contribution in [2.75, 3.05) is 13.7 Å². The predicted octanol–water partition coefficient (Wildman–Crippen LogP) is 2.89. The summed E-state index contributed by atoms with van der Waals surface area (Å²) in [6.07, 6.45) is 4.72. The number of carbonyl (C=O) groups excluding carboxylic acids is 2. The van der Waals surface area contributed by atoms with Crippen LogP contribution in [0.5, 0.6) is 0 Å². The highest BCUT2D eigenvalue weighted by Crippen LogP contribution is 2.19. The molecule has 98 valence electrons. The summed E-state index contributed by atoms with van der Waals surface area (Å²) in [6, 6.07) is 1.76. The fourth-order valence-corrected chi connectivity index (χ4v) is 2.03. The third-order valence-electron chi connectivity index (χ3n) is 2.21. The summed E-state index contributed by atoms with van der Waals surface area (Å²) in [6.45, 7) is 2.45. The minimum atomic E-state index is -0.399. The van der Waals surface area contributed by atoms with Crippen LogP contribution >= 0.6 is 11.3 Å². The molecule has 0 saturated carbocycles. The highest BCUT2D eigenvalue weighted by atomic mass is 32.1. The zero-order valence-corrected chi connectivity index (χ0v) is 11.3. The number of hydrogen-bond donors (Lipinski definition) is 0. The number of ether oxygens (including phenoxy) is 2. The van der Waals surface area contributed by atoms with Crippen molar-refractivity contribution in [1.29, 1.82) is 0 Å². The summed E-state index contributed by atoms with van der Waals surface area (Å²) in [5.74, 6) is -0.797. The largest absolute Gasteiger partial charge is 0.465 e. The third kappa shape index (κ3) is 4.33. The minimum absolute atomic E-state index is 0.398. The van der Waals surface area contributed by atoms with Gasteiger partial charge in [0.2, 0.25) is 0 Å². The van der Waals surface area contributed by atoms with Gasteiger partial charge in [0.05, 0.1) is 13.7 Å². The molecule has 0 atom stereocenters. The molecule has 1 rings (SSSR count). The van der Waals surface area contributed by atoms with Gasteiger partial charge in [-0.3, -0.25) is 0 Å². The Labute approximate surface area is 110 Å². The van der Waals surface area contributed by atoms with Crippen LogP contribution in [0.2, 0.25) is 0 Å². The van der Waals surface area contributed by atoms with Gasteiger partial charge in [0.1, 0.15) is 4.88 Å². The highest BCUT2D eigenvalue weighted by molar-refractivity contribution is 7.12. The molecular formula is C13H16O4S. The maximum Gasteiger partial charge on any atom is 0.348 e. The standard InChI is InChI=1S/C13H16O4S/c1-3-4-8-17-11(14)6-5-10-7-9-18-12(10)13(15)16-2/h5-7,9H,3-4,8H2,1-2H3/b6-5+. The molecule has 18 heavy (non-hydrogen) atoms. The van der Waals surface area contributed by atoms with E-state index in [1.54, 1.807) is 17.5 Å². The second-order valence-corrected chi connectivity index (χ2v) is 4.47. The van der Waals surface area contributed by atoms with Gasteiger partial charge < -0.3 is 9.47 Å². The molecule has 4 nitrogen and oxygen atoms in total. The summed E-state index contributed by atoms with van der Waals surface area (Å²) >= 11 is 1.28. The van der Waals surface area contributed by atoms with Crippen molar-refractivity contribution in [1.82, 2.24) is 0 Å². The van der Waals surface area contributed by atoms with Crippen molar-refractivity contribution in [3.63, 3.8) is 0 Å². The Bertz CT molecular complexity index is 434. The second-order valence-electron chi connectivity index (χ2n) is 3.55. The molecule has 0 saturated heterocycles. The Morgan fingerprint density at radius 3 is 2.89 bits per heavy atom. The van der Waals surface area contributed by atoms with E-state index in [4.69, 9.17) is 4.74 Å². The molecule has 0 aliphatic carbocycles. The van der Waals surface area contributed by atoms with E-state index < -0.39 is 11.9 Å². The van der Waals surface area contributed by atoms with Gasteiger partial charge in [0, 0.05) is 11.6 Å². The third-order valence-corrected chi connectivity index (χ3v) is 3.12. The molecule has 0 spiro atoms. The van der Waals surface area contributed by atoms with Crippen molar-refractivity contribution in [3.8, 4) is 0 Å². The van der Waals surface area contributed by atoms with Crippen LogP contribution in [-0.2, 0) is 14.3 Å². The van der Waals surface area contributed by atoms with E-state index in [9.17, 15) is 9.59 Å². The van der Waals surface area contributed by atoms with Gasteiger partial charge >= 0.3 is 11.9 Å². The molecule has 0 fully saturated rings.